The van der Waals surface area contributed by atoms with Crippen LogP contribution in [0.5, 0.6) is 0 Å². The van der Waals surface area contributed by atoms with Crippen LogP contribution < -0.4 is 16.0 Å². The van der Waals surface area contributed by atoms with Gasteiger partial charge in [0.15, 0.2) is 0 Å². The Morgan fingerprint density at radius 2 is 1.83 bits per heavy atom. The van der Waals surface area contributed by atoms with Crippen LogP contribution in [0.15, 0.2) is 30.3 Å². The number of amides is 3. The van der Waals surface area contributed by atoms with Gasteiger partial charge in [0.05, 0.1) is 0 Å². The Kier molecular flexibility index (Phi) is 6.87. The molecule has 1 aliphatic carbocycles. The standard InChI is InChI=1S/C17H26N4O3/c1-21(2)16(22)19-9-8-18-14-10-15(11-14)20-17(23)24-12-13-6-4-3-5-7-13/h3-7,14-15,18H,8-12H2,1-2H3,(H,19,22)(H,20,23). The molecule has 0 aromatic heterocycles. The lowest BCUT2D eigenvalue weighted by molar-refractivity contribution is 0.125. The second-order valence-corrected chi connectivity index (χ2v) is 6.15. The molecule has 0 heterocycles. The molecule has 1 aliphatic rings. The van der Waals surface area contributed by atoms with Gasteiger partial charge in [-0.2, -0.15) is 0 Å². The van der Waals surface area contributed by atoms with Crippen LogP contribution in [0.2, 0.25) is 0 Å². The minimum absolute atomic E-state index is 0.0916. The number of urea groups is 1. The van der Waals surface area contributed by atoms with Crippen molar-refractivity contribution in [3.05, 3.63) is 35.9 Å². The lowest BCUT2D eigenvalue weighted by Crippen LogP contribution is -2.53. The Morgan fingerprint density at radius 1 is 1.12 bits per heavy atom. The van der Waals surface area contributed by atoms with Gasteiger partial charge in [-0.05, 0) is 18.4 Å². The van der Waals surface area contributed by atoms with E-state index in [4.69, 9.17) is 4.74 Å². The summed E-state index contributed by atoms with van der Waals surface area (Å²) in [6.45, 7) is 1.59. The number of carbonyl (C=O) groups excluding carboxylic acids is 2. The number of hydrogen-bond donors (Lipinski definition) is 3. The van der Waals surface area contributed by atoms with Gasteiger partial charge < -0.3 is 25.6 Å². The zero-order chi connectivity index (χ0) is 17.4. The summed E-state index contributed by atoms with van der Waals surface area (Å²) in [4.78, 5) is 24.6. The molecule has 3 amide bonds. The number of carbonyl (C=O) groups is 2. The highest BCUT2D eigenvalue weighted by molar-refractivity contribution is 5.73. The van der Waals surface area contributed by atoms with E-state index in [-0.39, 0.29) is 24.8 Å². The molecule has 24 heavy (non-hydrogen) atoms. The van der Waals surface area contributed by atoms with E-state index in [0.29, 0.717) is 12.6 Å². The van der Waals surface area contributed by atoms with Gasteiger partial charge in [-0.3, -0.25) is 0 Å². The van der Waals surface area contributed by atoms with Crippen molar-refractivity contribution >= 4 is 12.1 Å². The van der Waals surface area contributed by atoms with E-state index in [1.165, 1.54) is 4.90 Å². The third-order valence-electron chi connectivity index (χ3n) is 3.91. The van der Waals surface area contributed by atoms with Crippen molar-refractivity contribution in [3.63, 3.8) is 0 Å². The van der Waals surface area contributed by atoms with Gasteiger partial charge in [-0.25, -0.2) is 9.59 Å². The Balaban J connectivity index is 1.50. The fraction of sp³-hybridized carbons (Fsp3) is 0.529. The van der Waals surface area contributed by atoms with E-state index in [2.05, 4.69) is 16.0 Å². The Labute approximate surface area is 142 Å². The number of nitrogens with one attached hydrogen (secondary N) is 3. The highest BCUT2D eigenvalue weighted by Gasteiger charge is 2.30. The summed E-state index contributed by atoms with van der Waals surface area (Å²) in [5, 5.41) is 9.01. The summed E-state index contributed by atoms with van der Waals surface area (Å²) in [5.74, 6) is 0. The van der Waals surface area contributed by atoms with Crippen LogP contribution in [-0.2, 0) is 11.3 Å². The second-order valence-electron chi connectivity index (χ2n) is 6.15. The number of rotatable bonds is 7. The van der Waals surface area contributed by atoms with Gasteiger partial charge in [-0.1, -0.05) is 30.3 Å². The van der Waals surface area contributed by atoms with Crippen LogP contribution in [0.3, 0.4) is 0 Å². The number of benzene rings is 1. The minimum atomic E-state index is -0.374. The topological polar surface area (TPSA) is 82.7 Å². The SMILES string of the molecule is CN(C)C(=O)NCCNC1CC(NC(=O)OCc2ccccc2)C1. The summed E-state index contributed by atoms with van der Waals surface area (Å²) in [7, 11) is 3.42. The first-order valence-corrected chi connectivity index (χ1v) is 8.20. The smallest absolute Gasteiger partial charge is 0.407 e. The van der Waals surface area contributed by atoms with Gasteiger partial charge in [0.1, 0.15) is 6.61 Å². The summed E-state index contributed by atoms with van der Waals surface area (Å²) in [6, 6.07) is 10.0. The van der Waals surface area contributed by atoms with Crippen molar-refractivity contribution in [2.24, 2.45) is 0 Å². The lowest BCUT2D eigenvalue weighted by Gasteiger charge is -2.36. The molecule has 2 rings (SSSR count). The average molecular weight is 334 g/mol. The van der Waals surface area contributed by atoms with Gasteiger partial charge >= 0.3 is 12.1 Å². The molecule has 132 valence electrons. The van der Waals surface area contributed by atoms with Crippen LogP contribution in [0.25, 0.3) is 0 Å². The van der Waals surface area contributed by atoms with Crippen LogP contribution in [-0.4, -0.2) is 56.3 Å². The summed E-state index contributed by atoms with van der Waals surface area (Å²) >= 11 is 0. The predicted molar refractivity (Wildman–Crippen MR) is 91.7 cm³/mol. The molecule has 7 heteroatoms. The Hall–Kier alpha value is -2.28. The minimum Gasteiger partial charge on any atom is -0.445 e. The molecule has 0 atom stereocenters. The number of ether oxygens (including phenoxy) is 1. The molecule has 1 fully saturated rings. The molecule has 1 aromatic carbocycles. The third-order valence-corrected chi connectivity index (χ3v) is 3.91. The molecular formula is C17H26N4O3. The monoisotopic (exact) mass is 334 g/mol. The Morgan fingerprint density at radius 3 is 2.50 bits per heavy atom. The molecule has 3 N–H and O–H groups in total. The van der Waals surface area contributed by atoms with Crippen molar-refractivity contribution in [1.29, 1.82) is 0 Å². The lowest BCUT2D eigenvalue weighted by atomic mass is 9.87. The normalized spacial score (nSPS) is 19.1. The highest BCUT2D eigenvalue weighted by Crippen LogP contribution is 2.19. The van der Waals surface area contributed by atoms with Crippen molar-refractivity contribution in [2.75, 3.05) is 27.2 Å². The van der Waals surface area contributed by atoms with E-state index in [1.807, 2.05) is 30.3 Å². The van der Waals surface area contributed by atoms with E-state index >= 15 is 0 Å². The van der Waals surface area contributed by atoms with Crippen LogP contribution in [0, 0.1) is 0 Å². The van der Waals surface area contributed by atoms with Gasteiger partial charge in [0.2, 0.25) is 0 Å². The number of hydrogen-bond acceptors (Lipinski definition) is 4. The summed E-state index contributed by atoms with van der Waals surface area (Å²) in [5.41, 5.74) is 0.973. The van der Waals surface area contributed by atoms with Gasteiger partial charge in [0, 0.05) is 39.3 Å². The predicted octanol–water partition coefficient (Wildman–Crippen LogP) is 1.30. The fourth-order valence-corrected chi connectivity index (χ4v) is 2.44. The molecular weight excluding hydrogens is 308 g/mol. The fourth-order valence-electron chi connectivity index (χ4n) is 2.44. The molecule has 0 aliphatic heterocycles. The first-order chi connectivity index (χ1) is 11.5. The van der Waals surface area contributed by atoms with Gasteiger partial charge in [0.25, 0.3) is 0 Å². The maximum absolute atomic E-state index is 11.7. The van der Waals surface area contributed by atoms with Crippen LogP contribution >= 0.6 is 0 Å². The first kappa shape index (κ1) is 18.1. The van der Waals surface area contributed by atoms with E-state index in [1.54, 1.807) is 14.1 Å². The zero-order valence-electron chi connectivity index (χ0n) is 14.2. The van der Waals surface area contributed by atoms with E-state index < -0.39 is 0 Å². The van der Waals surface area contributed by atoms with Crippen LogP contribution in [0.1, 0.15) is 18.4 Å². The molecule has 0 bridgehead atoms. The first-order valence-electron chi connectivity index (χ1n) is 8.20. The van der Waals surface area contributed by atoms with Crippen LogP contribution in [0.4, 0.5) is 9.59 Å². The highest BCUT2D eigenvalue weighted by atomic mass is 16.5. The third kappa shape index (κ3) is 6.08. The zero-order valence-corrected chi connectivity index (χ0v) is 14.2. The number of alkyl carbamates (subject to hydrolysis) is 1. The van der Waals surface area contributed by atoms with E-state index in [9.17, 15) is 9.59 Å². The molecule has 0 unspecified atom stereocenters. The second kappa shape index (κ2) is 9.12. The molecule has 0 saturated heterocycles. The molecule has 0 spiro atoms. The van der Waals surface area contributed by atoms with Crippen molar-refractivity contribution < 1.29 is 14.3 Å². The van der Waals surface area contributed by atoms with E-state index in [0.717, 1.165) is 24.9 Å². The van der Waals surface area contributed by atoms with Crippen molar-refractivity contribution in [2.45, 2.75) is 31.5 Å². The molecule has 1 aromatic rings. The maximum Gasteiger partial charge on any atom is 0.407 e. The summed E-state index contributed by atoms with van der Waals surface area (Å²) < 4.78 is 5.19. The maximum atomic E-state index is 11.7. The quantitative estimate of drug-likeness (QED) is 0.657. The summed E-state index contributed by atoms with van der Waals surface area (Å²) in [6.07, 6.45) is 1.38. The van der Waals surface area contributed by atoms with Gasteiger partial charge in [-0.15, -0.1) is 0 Å². The van der Waals surface area contributed by atoms with Crippen molar-refractivity contribution in [1.82, 2.24) is 20.9 Å². The Bertz CT molecular complexity index is 530. The molecule has 0 radical (unpaired) electrons. The number of nitrogens with zero attached hydrogens (tertiary/aromatic N) is 1. The van der Waals surface area contributed by atoms with Crippen molar-refractivity contribution in [3.8, 4) is 0 Å². The molecule has 7 nitrogen and oxygen atoms in total. The largest absolute Gasteiger partial charge is 0.445 e. The molecule has 1 saturated carbocycles. The average Bonchev–Trinajstić information content (AvgIpc) is 2.54.